The summed E-state index contributed by atoms with van der Waals surface area (Å²) < 4.78 is 28.2. The van der Waals surface area contributed by atoms with Crippen molar-refractivity contribution in [2.75, 3.05) is 11.9 Å². The predicted molar refractivity (Wildman–Crippen MR) is 104 cm³/mol. The van der Waals surface area contributed by atoms with E-state index >= 15 is 0 Å². The third kappa shape index (κ3) is 3.05. The van der Waals surface area contributed by atoms with Gasteiger partial charge in [0.2, 0.25) is 5.91 Å². The number of nitrogens with one attached hydrogen (secondary N) is 1. The van der Waals surface area contributed by atoms with Crippen LogP contribution in [0.25, 0.3) is 10.2 Å². The number of benzene rings is 1. The van der Waals surface area contributed by atoms with E-state index in [2.05, 4.69) is 10.3 Å². The highest BCUT2D eigenvalue weighted by Crippen LogP contribution is 2.31. The summed E-state index contributed by atoms with van der Waals surface area (Å²) in [5.74, 6) is -0.320. The molecule has 2 aromatic heterocycles. The second kappa shape index (κ2) is 6.73. The maximum atomic E-state index is 12.8. The number of carbonyl (C=O) groups excluding carboxylic acids is 1. The Bertz CT molecular complexity index is 1060. The number of rotatable bonds is 4. The van der Waals surface area contributed by atoms with Crippen LogP contribution in [0.4, 0.5) is 5.13 Å². The summed E-state index contributed by atoms with van der Waals surface area (Å²) >= 11 is 2.56. The molecule has 1 N–H and O–H groups in total. The Balaban J connectivity index is 1.58. The highest BCUT2D eigenvalue weighted by Gasteiger charge is 2.40. The fourth-order valence-corrected chi connectivity index (χ4v) is 6.87. The molecule has 1 aromatic carbocycles. The molecular formula is C17H17N3O3S3. The Hall–Kier alpha value is -1.81. The molecule has 0 saturated carbocycles. The lowest BCUT2D eigenvalue weighted by Gasteiger charge is -2.22. The second-order valence-electron chi connectivity index (χ2n) is 6.14. The van der Waals surface area contributed by atoms with Crippen LogP contribution in [-0.4, -0.2) is 36.2 Å². The third-order valence-corrected chi connectivity index (χ3v) is 8.63. The van der Waals surface area contributed by atoms with Crippen molar-refractivity contribution in [3.05, 3.63) is 41.3 Å². The fourth-order valence-electron chi connectivity index (χ4n) is 3.14. The number of aromatic nitrogens is 1. The number of hydrogen-bond acceptors (Lipinski definition) is 6. The molecule has 1 aliphatic heterocycles. The average Bonchev–Trinajstić information content (AvgIpc) is 3.35. The highest BCUT2D eigenvalue weighted by atomic mass is 32.2. The van der Waals surface area contributed by atoms with Gasteiger partial charge in [0.1, 0.15) is 10.3 Å². The van der Waals surface area contributed by atoms with E-state index in [0.29, 0.717) is 24.5 Å². The summed E-state index contributed by atoms with van der Waals surface area (Å²) in [5.41, 5.74) is 1.91. The van der Waals surface area contributed by atoms with Gasteiger partial charge in [-0.2, -0.15) is 4.31 Å². The smallest absolute Gasteiger partial charge is 0.253 e. The van der Waals surface area contributed by atoms with Gasteiger partial charge < -0.3 is 5.32 Å². The largest absolute Gasteiger partial charge is 0.301 e. The quantitative estimate of drug-likeness (QED) is 0.718. The standard InChI is InChI=1S/C17H17N3O3S3/c1-11-5-2-7-13-15(11)18-17(25-13)19-16(21)12-6-3-9-20(12)26(22,23)14-8-4-10-24-14/h2,4-5,7-8,10,12H,3,6,9H2,1H3,(H,18,19,21)/t12-/m0/s1. The maximum Gasteiger partial charge on any atom is 0.253 e. The SMILES string of the molecule is Cc1cccc2sc(NC(=O)[C@@H]3CCCN3S(=O)(=O)c3cccs3)nc12. The minimum Gasteiger partial charge on any atom is -0.301 e. The number of anilines is 1. The van der Waals surface area contributed by atoms with E-state index in [1.54, 1.807) is 17.5 Å². The van der Waals surface area contributed by atoms with Crippen molar-refractivity contribution in [3.8, 4) is 0 Å². The van der Waals surface area contributed by atoms with Gasteiger partial charge in [-0.05, 0) is 42.8 Å². The van der Waals surface area contributed by atoms with Crippen molar-refractivity contribution in [3.63, 3.8) is 0 Å². The molecule has 0 unspecified atom stereocenters. The summed E-state index contributed by atoms with van der Waals surface area (Å²) in [6.07, 6.45) is 1.18. The van der Waals surface area contributed by atoms with Crippen molar-refractivity contribution < 1.29 is 13.2 Å². The zero-order valence-electron chi connectivity index (χ0n) is 14.0. The van der Waals surface area contributed by atoms with Gasteiger partial charge in [0, 0.05) is 6.54 Å². The molecule has 1 saturated heterocycles. The van der Waals surface area contributed by atoms with Crippen molar-refractivity contribution in [1.82, 2.24) is 9.29 Å². The van der Waals surface area contributed by atoms with Gasteiger partial charge in [0.15, 0.2) is 5.13 Å². The predicted octanol–water partition coefficient (Wildman–Crippen LogP) is 3.46. The lowest BCUT2D eigenvalue weighted by atomic mass is 10.2. The molecule has 4 rings (SSSR count). The second-order valence-corrected chi connectivity index (χ2v) is 10.2. The number of thiazole rings is 1. The van der Waals surface area contributed by atoms with Crippen LogP contribution in [0, 0.1) is 6.92 Å². The molecular weight excluding hydrogens is 390 g/mol. The van der Waals surface area contributed by atoms with E-state index in [0.717, 1.165) is 15.8 Å². The lowest BCUT2D eigenvalue weighted by Crippen LogP contribution is -2.42. The Labute approximate surface area is 159 Å². The van der Waals surface area contributed by atoms with E-state index in [4.69, 9.17) is 0 Å². The number of nitrogens with zero attached hydrogens (tertiary/aromatic N) is 2. The Kier molecular flexibility index (Phi) is 4.55. The molecule has 3 aromatic rings. The van der Waals surface area contributed by atoms with Crippen molar-refractivity contribution in [2.24, 2.45) is 0 Å². The number of aryl methyl sites for hydroxylation is 1. The van der Waals surface area contributed by atoms with Crippen molar-refractivity contribution in [2.45, 2.75) is 30.0 Å². The van der Waals surface area contributed by atoms with Crippen LogP contribution in [0.5, 0.6) is 0 Å². The van der Waals surface area contributed by atoms with Crippen LogP contribution >= 0.6 is 22.7 Å². The van der Waals surface area contributed by atoms with Crippen molar-refractivity contribution in [1.29, 1.82) is 0 Å². The van der Waals surface area contributed by atoms with E-state index in [-0.39, 0.29) is 10.1 Å². The average molecular weight is 408 g/mol. The zero-order valence-corrected chi connectivity index (χ0v) is 16.5. The number of fused-ring (bicyclic) bond motifs is 1. The Morgan fingerprint density at radius 2 is 2.15 bits per heavy atom. The molecule has 1 aliphatic rings. The van der Waals surface area contributed by atoms with E-state index in [1.165, 1.54) is 27.0 Å². The first-order valence-electron chi connectivity index (χ1n) is 8.19. The van der Waals surface area contributed by atoms with Crippen LogP contribution < -0.4 is 5.32 Å². The number of para-hydroxylation sites is 1. The minimum absolute atomic E-state index is 0.271. The number of thiophene rings is 1. The van der Waals surface area contributed by atoms with Gasteiger partial charge >= 0.3 is 0 Å². The molecule has 1 amide bonds. The molecule has 0 aliphatic carbocycles. The molecule has 136 valence electrons. The van der Waals surface area contributed by atoms with Gasteiger partial charge in [-0.1, -0.05) is 29.5 Å². The molecule has 26 heavy (non-hydrogen) atoms. The molecule has 1 atom stereocenters. The van der Waals surface area contributed by atoms with Crippen LogP contribution in [0.2, 0.25) is 0 Å². The maximum absolute atomic E-state index is 12.8. The number of carbonyl (C=O) groups is 1. The zero-order chi connectivity index (χ0) is 18.3. The fraction of sp³-hybridized carbons (Fsp3) is 0.294. The molecule has 0 spiro atoms. The monoisotopic (exact) mass is 407 g/mol. The Morgan fingerprint density at radius 3 is 2.88 bits per heavy atom. The molecule has 3 heterocycles. The first kappa shape index (κ1) is 17.6. The summed E-state index contributed by atoms with van der Waals surface area (Å²) in [6.45, 7) is 2.33. The minimum atomic E-state index is -3.64. The van der Waals surface area contributed by atoms with Crippen molar-refractivity contribution >= 4 is 54.0 Å². The molecule has 0 bridgehead atoms. The van der Waals surface area contributed by atoms with Gasteiger partial charge in [-0.3, -0.25) is 4.79 Å². The van der Waals surface area contributed by atoms with Gasteiger partial charge in [0.05, 0.1) is 10.2 Å². The van der Waals surface area contributed by atoms with E-state index in [9.17, 15) is 13.2 Å². The van der Waals surface area contributed by atoms with Crippen LogP contribution in [0.3, 0.4) is 0 Å². The first-order valence-corrected chi connectivity index (χ1v) is 11.3. The van der Waals surface area contributed by atoms with E-state index < -0.39 is 16.1 Å². The lowest BCUT2D eigenvalue weighted by molar-refractivity contribution is -0.119. The number of sulfonamides is 1. The number of hydrogen-bond donors (Lipinski definition) is 1. The normalized spacial score (nSPS) is 18.4. The molecule has 6 nitrogen and oxygen atoms in total. The summed E-state index contributed by atoms with van der Waals surface area (Å²) in [6, 6.07) is 8.46. The van der Waals surface area contributed by atoms with Gasteiger partial charge in [-0.15, -0.1) is 11.3 Å². The van der Waals surface area contributed by atoms with Gasteiger partial charge in [0.25, 0.3) is 10.0 Å². The van der Waals surface area contributed by atoms with Gasteiger partial charge in [-0.25, -0.2) is 13.4 Å². The topological polar surface area (TPSA) is 79.4 Å². The molecule has 1 fully saturated rings. The van der Waals surface area contributed by atoms with Crippen LogP contribution in [0.15, 0.2) is 39.9 Å². The molecule has 0 radical (unpaired) electrons. The summed E-state index contributed by atoms with van der Waals surface area (Å²) in [7, 11) is -3.64. The van der Waals surface area contributed by atoms with E-state index in [1.807, 2.05) is 25.1 Å². The highest BCUT2D eigenvalue weighted by molar-refractivity contribution is 7.91. The summed E-state index contributed by atoms with van der Waals surface area (Å²) in [5, 5.41) is 5.04. The van der Waals surface area contributed by atoms with Crippen LogP contribution in [-0.2, 0) is 14.8 Å². The number of amides is 1. The van der Waals surface area contributed by atoms with Crippen LogP contribution in [0.1, 0.15) is 18.4 Å². The summed E-state index contributed by atoms with van der Waals surface area (Å²) in [4.78, 5) is 17.2. The molecule has 9 heteroatoms. The third-order valence-electron chi connectivity index (χ3n) is 4.42. The first-order chi connectivity index (χ1) is 12.5. The Morgan fingerprint density at radius 1 is 1.31 bits per heavy atom.